The fraction of sp³-hybridized carbons (Fsp3) is 0. The van der Waals surface area contributed by atoms with E-state index in [1.807, 2.05) is 24.3 Å². The van der Waals surface area contributed by atoms with Crippen molar-refractivity contribution in [1.29, 1.82) is 0 Å². The number of benzene rings is 10. The van der Waals surface area contributed by atoms with Gasteiger partial charge in [-0.25, -0.2) is 0 Å². The molecule has 0 radical (unpaired) electrons. The molecular weight excluding hydrogens is 665 g/mol. The van der Waals surface area contributed by atoms with Gasteiger partial charge in [-0.2, -0.15) is 0 Å². The Balaban J connectivity index is 1.09. The molecule has 11 rings (SSSR count). The number of hydrogen-bond acceptors (Lipinski definition) is 1. The topological polar surface area (TPSA) is 13.1 Å². The third kappa shape index (κ3) is 5.09. The van der Waals surface area contributed by atoms with Gasteiger partial charge in [0.1, 0.15) is 11.2 Å². The molecule has 1 aromatic heterocycles. The highest BCUT2D eigenvalue weighted by molar-refractivity contribution is 6.23. The lowest BCUT2D eigenvalue weighted by molar-refractivity contribution is 0.674. The van der Waals surface area contributed by atoms with Crippen molar-refractivity contribution in [3.05, 3.63) is 206 Å². The Hall–Kier alpha value is -7.22. The first kappa shape index (κ1) is 27.4. The fourth-order valence-electron chi connectivity index (χ4n) is 8.48. The molecule has 0 spiro atoms. The zero-order valence-electron chi connectivity index (χ0n) is 33.7. The van der Waals surface area contributed by atoms with Crippen LogP contribution in [0.2, 0.25) is 0 Å². The zero-order valence-corrected chi connectivity index (χ0v) is 29.7. The molecule has 256 valence electrons. The molecule has 0 amide bonds. The monoisotopic (exact) mass is 702 g/mol. The highest BCUT2D eigenvalue weighted by Crippen LogP contribution is 2.47. The van der Waals surface area contributed by atoms with E-state index in [4.69, 9.17) is 9.90 Å². The van der Waals surface area contributed by atoms with Crippen LogP contribution in [0.4, 0.5) is 0 Å². The predicted molar refractivity (Wildman–Crippen MR) is 233 cm³/mol. The molecular formula is C54H34O. The molecule has 1 heterocycles. The molecule has 0 unspecified atom stereocenters. The van der Waals surface area contributed by atoms with Crippen LogP contribution in [0.15, 0.2) is 211 Å². The maximum Gasteiger partial charge on any atom is 0.143 e. The molecule has 0 aliphatic heterocycles. The van der Waals surface area contributed by atoms with Crippen molar-refractivity contribution in [3.63, 3.8) is 0 Å². The molecule has 0 fully saturated rings. The lowest BCUT2D eigenvalue weighted by atomic mass is 9.83. The summed E-state index contributed by atoms with van der Waals surface area (Å²) >= 11 is 0. The van der Waals surface area contributed by atoms with E-state index in [-0.39, 0.29) is 24.2 Å². The normalized spacial score (nSPS) is 12.7. The minimum Gasteiger partial charge on any atom is -0.455 e. The Bertz CT molecular complexity index is 3400. The minimum atomic E-state index is -0.267. The average Bonchev–Trinajstić information content (AvgIpc) is 3.69. The number of para-hydroxylation sites is 1. The van der Waals surface area contributed by atoms with Gasteiger partial charge >= 0.3 is 0 Å². The van der Waals surface area contributed by atoms with Gasteiger partial charge in [-0.3, -0.25) is 0 Å². The highest BCUT2D eigenvalue weighted by atomic mass is 16.3. The van der Waals surface area contributed by atoms with Crippen LogP contribution >= 0.6 is 0 Å². The van der Waals surface area contributed by atoms with Crippen LogP contribution in [-0.2, 0) is 0 Å². The third-order valence-electron chi connectivity index (χ3n) is 11.0. The smallest absolute Gasteiger partial charge is 0.143 e. The minimum absolute atomic E-state index is 0.0650. The maximum absolute atomic E-state index is 8.72. The summed E-state index contributed by atoms with van der Waals surface area (Å²) in [5.41, 5.74) is 12.5. The van der Waals surface area contributed by atoms with E-state index in [1.54, 1.807) is 6.07 Å². The maximum atomic E-state index is 8.72. The van der Waals surface area contributed by atoms with Crippen molar-refractivity contribution in [1.82, 2.24) is 0 Å². The van der Waals surface area contributed by atoms with Gasteiger partial charge in [0, 0.05) is 21.7 Å². The SMILES string of the molecule is [2H]c1c([2H])c([2H])c2c(ccc3c4cccc(-c5ccc(-c6c7ccccc7c(-c7ccc(-c8ccccc8)cc7-c7ccccc7)c7ccccc67)cc5)c4oc32)c1[2H]. The number of hydrogen-bond donors (Lipinski definition) is 0. The van der Waals surface area contributed by atoms with Gasteiger partial charge in [-0.1, -0.05) is 194 Å². The first-order valence-electron chi connectivity index (χ1n) is 20.6. The van der Waals surface area contributed by atoms with Crippen molar-refractivity contribution >= 4 is 54.3 Å². The fourth-order valence-corrected chi connectivity index (χ4v) is 8.48. The summed E-state index contributed by atoms with van der Waals surface area (Å²) in [6, 6.07) is 63.4. The van der Waals surface area contributed by atoms with E-state index in [0.29, 0.717) is 21.9 Å². The molecule has 1 nitrogen and oxygen atoms in total. The van der Waals surface area contributed by atoms with Gasteiger partial charge < -0.3 is 4.42 Å². The van der Waals surface area contributed by atoms with E-state index in [2.05, 4.69) is 152 Å². The van der Waals surface area contributed by atoms with Crippen molar-refractivity contribution in [3.8, 4) is 55.6 Å². The third-order valence-corrected chi connectivity index (χ3v) is 11.0. The lowest BCUT2D eigenvalue weighted by Gasteiger charge is -2.20. The van der Waals surface area contributed by atoms with Crippen LogP contribution in [0.25, 0.3) is 110 Å². The molecule has 0 saturated carbocycles. The Morgan fingerprint density at radius 1 is 0.309 bits per heavy atom. The molecule has 1 heteroatoms. The molecule has 10 aromatic carbocycles. The van der Waals surface area contributed by atoms with E-state index in [1.165, 1.54) is 60.5 Å². The highest BCUT2D eigenvalue weighted by Gasteiger charge is 2.20. The van der Waals surface area contributed by atoms with Crippen LogP contribution < -0.4 is 0 Å². The second-order valence-corrected chi connectivity index (χ2v) is 14.1. The van der Waals surface area contributed by atoms with Gasteiger partial charge in [0.05, 0.1) is 5.48 Å². The largest absolute Gasteiger partial charge is 0.455 e. The second kappa shape index (κ2) is 12.7. The van der Waals surface area contributed by atoms with Gasteiger partial charge in [0.2, 0.25) is 0 Å². The number of rotatable bonds is 5. The van der Waals surface area contributed by atoms with Crippen molar-refractivity contribution in [2.45, 2.75) is 0 Å². The van der Waals surface area contributed by atoms with Gasteiger partial charge in [-0.05, 0) is 89.1 Å². The zero-order chi connectivity index (χ0) is 39.8. The summed E-state index contributed by atoms with van der Waals surface area (Å²) < 4.78 is 40.4. The molecule has 0 aliphatic carbocycles. The van der Waals surface area contributed by atoms with E-state index < -0.39 is 0 Å². The molecule has 0 bridgehead atoms. The van der Waals surface area contributed by atoms with E-state index >= 15 is 0 Å². The Labute approximate surface area is 325 Å². The molecule has 0 aliphatic rings. The summed E-state index contributed by atoms with van der Waals surface area (Å²) in [5.74, 6) is 0. The van der Waals surface area contributed by atoms with E-state index in [9.17, 15) is 0 Å². The predicted octanol–water partition coefficient (Wildman–Crippen LogP) is 15.4. The van der Waals surface area contributed by atoms with Crippen LogP contribution in [0, 0.1) is 0 Å². The summed E-state index contributed by atoms with van der Waals surface area (Å²) in [6.07, 6.45) is 0. The summed E-state index contributed by atoms with van der Waals surface area (Å²) in [7, 11) is 0. The Kier molecular flexibility index (Phi) is 6.34. The second-order valence-electron chi connectivity index (χ2n) is 14.1. The average molecular weight is 703 g/mol. The summed E-state index contributed by atoms with van der Waals surface area (Å²) in [5, 5.41) is 7.29. The van der Waals surface area contributed by atoms with Crippen LogP contribution in [0.1, 0.15) is 5.48 Å². The van der Waals surface area contributed by atoms with Crippen LogP contribution in [0.3, 0.4) is 0 Å². The molecule has 11 aromatic rings. The quantitative estimate of drug-likeness (QED) is 0.163. The Morgan fingerprint density at radius 3 is 1.56 bits per heavy atom. The van der Waals surface area contributed by atoms with Gasteiger partial charge in [-0.15, -0.1) is 0 Å². The first-order chi connectivity index (χ1) is 29.0. The molecule has 0 atom stereocenters. The van der Waals surface area contributed by atoms with Gasteiger partial charge in [0.15, 0.2) is 0 Å². The standard InChI is InChI=1S/C54H34O/c1-3-14-35(15-4-1)40-31-32-47(50(34-40)36-16-5-2-6-17-36)52-45-22-11-9-20-43(45)51(44-21-10-12-23-46(44)52)39-28-26-38(27-29-39)42-24-13-25-48-49-33-30-37-18-7-8-19-41(37)54(49)55-53(42)48/h1-34H/i7D,8D,18D,19D. The molecule has 0 saturated heterocycles. The number of furan rings is 1. The van der Waals surface area contributed by atoms with Gasteiger partial charge in [0.25, 0.3) is 0 Å². The van der Waals surface area contributed by atoms with Crippen molar-refractivity contribution in [2.24, 2.45) is 0 Å². The van der Waals surface area contributed by atoms with Crippen LogP contribution in [0.5, 0.6) is 0 Å². The van der Waals surface area contributed by atoms with E-state index in [0.717, 1.165) is 27.5 Å². The van der Waals surface area contributed by atoms with Crippen molar-refractivity contribution in [2.75, 3.05) is 0 Å². The molecule has 0 N–H and O–H groups in total. The Morgan fingerprint density at radius 2 is 0.855 bits per heavy atom. The summed E-state index contributed by atoms with van der Waals surface area (Å²) in [6.45, 7) is 0. The summed E-state index contributed by atoms with van der Waals surface area (Å²) in [4.78, 5) is 0. The first-order valence-corrected chi connectivity index (χ1v) is 18.6. The van der Waals surface area contributed by atoms with Crippen molar-refractivity contribution < 1.29 is 9.90 Å². The lowest BCUT2D eigenvalue weighted by Crippen LogP contribution is -1.93. The number of fused-ring (bicyclic) bond motifs is 7. The molecule has 55 heavy (non-hydrogen) atoms. The van der Waals surface area contributed by atoms with Crippen LogP contribution in [-0.4, -0.2) is 0 Å².